The quantitative estimate of drug-likeness (QED) is 0.630. The van der Waals surface area contributed by atoms with Crippen LogP contribution in [0.2, 0.25) is 0 Å². The Kier molecular flexibility index (Phi) is 7.67. The molecule has 2 rings (SSSR count). The number of nitrogens with zero attached hydrogens (tertiary/aromatic N) is 2. The molecule has 150 valence electrons. The molecule has 1 aromatic carbocycles. The van der Waals surface area contributed by atoms with Gasteiger partial charge in [0.1, 0.15) is 6.54 Å². The lowest BCUT2D eigenvalue weighted by Gasteiger charge is -2.07. The van der Waals surface area contributed by atoms with Gasteiger partial charge >= 0.3 is 5.97 Å². The Hall–Kier alpha value is -3.23. The van der Waals surface area contributed by atoms with Crippen molar-refractivity contribution in [1.29, 1.82) is 0 Å². The molecule has 0 bridgehead atoms. The Bertz CT molecular complexity index is 814. The summed E-state index contributed by atoms with van der Waals surface area (Å²) in [5.41, 5.74) is 0.952. The zero-order chi connectivity index (χ0) is 20.5. The summed E-state index contributed by atoms with van der Waals surface area (Å²) in [7, 11) is 1.25. The van der Waals surface area contributed by atoms with Crippen LogP contribution in [0.1, 0.15) is 54.7 Å². The highest BCUT2D eigenvalue weighted by Gasteiger charge is 2.11. The molecule has 0 fully saturated rings. The number of anilines is 1. The average molecular weight is 388 g/mol. The SMILES string of the molecule is COC(=O)CNC(=O)c1ccc(NC(=O)CCCc2nc(C(C)C)no2)cc1. The number of aryl methyl sites for hydroxylation is 1. The molecule has 2 amide bonds. The van der Waals surface area contributed by atoms with E-state index in [-0.39, 0.29) is 18.4 Å². The van der Waals surface area contributed by atoms with Crippen LogP contribution in [0.4, 0.5) is 5.69 Å². The summed E-state index contributed by atoms with van der Waals surface area (Å²) in [6.07, 6.45) is 1.42. The van der Waals surface area contributed by atoms with Gasteiger partial charge in [0.05, 0.1) is 7.11 Å². The number of esters is 1. The molecule has 2 N–H and O–H groups in total. The van der Waals surface area contributed by atoms with Gasteiger partial charge in [0.25, 0.3) is 5.91 Å². The summed E-state index contributed by atoms with van der Waals surface area (Å²) in [5.74, 6) is 0.314. The molecule has 0 saturated heterocycles. The van der Waals surface area contributed by atoms with Crippen LogP contribution < -0.4 is 10.6 Å². The van der Waals surface area contributed by atoms with Gasteiger partial charge in [-0.05, 0) is 30.7 Å². The molecule has 28 heavy (non-hydrogen) atoms. The van der Waals surface area contributed by atoms with E-state index in [1.165, 1.54) is 7.11 Å². The largest absolute Gasteiger partial charge is 0.468 e. The first-order valence-corrected chi connectivity index (χ1v) is 8.96. The van der Waals surface area contributed by atoms with Crippen molar-refractivity contribution in [1.82, 2.24) is 15.5 Å². The number of nitrogens with one attached hydrogen (secondary N) is 2. The summed E-state index contributed by atoms with van der Waals surface area (Å²) in [5, 5.41) is 9.09. The number of hydrogen-bond donors (Lipinski definition) is 2. The van der Waals surface area contributed by atoms with Gasteiger partial charge in [-0.3, -0.25) is 14.4 Å². The monoisotopic (exact) mass is 388 g/mol. The molecule has 0 saturated carbocycles. The van der Waals surface area contributed by atoms with Crippen molar-refractivity contribution in [3.05, 3.63) is 41.5 Å². The first-order valence-electron chi connectivity index (χ1n) is 8.96. The Morgan fingerprint density at radius 1 is 1.18 bits per heavy atom. The van der Waals surface area contributed by atoms with Gasteiger partial charge in [0.15, 0.2) is 5.82 Å². The van der Waals surface area contributed by atoms with Crippen molar-refractivity contribution in [2.75, 3.05) is 19.0 Å². The molecule has 9 heteroatoms. The number of carbonyl (C=O) groups is 3. The second kappa shape index (κ2) is 10.2. The zero-order valence-electron chi connectivity index (χ0n) is 16.2. The van der Waals surface area contributed by atoms with Crippen LogP contribution in [0.25, 0.3) is 0 Å². The number of ether oxygens (including phenoxy) is 1. The van der Waals surface area contributed by atoms with E-state index in [1.54, 1.807) is 24.3 Å². The zero-order valence-corrected chi connectivity index (χ0v) is 16.2. The molecular formula is C19H24N4O5. The third-order valence-corrected chi connectivity index (χ3v) is 3.85. The lowest BCUT2D eigenvalue weighted by atomic mass is 10.2. The van der Waals surface area contributed by atoms with E-state index in [0.29, 0.717) is 42.2 Å². The fraction of sp³-hybridized carbons (Fsp3) is 0.421. The lowest BCUT2D eigenvalue weighted by Crippen LogP contribution is -2.30. The molecule has 0 atom stereocenters. The van der Waals surface area contributed by atoms with E-state index < -0.39 is 11.9 Å². The Labute approximate surface area is 162 Å². The van der Waals surface area contributed by atoms with Gasteiger partial charge < -0.3 is 19.9 Å². The van der Waals surface area contributed by atoms with Crippen LogP contribution in [0.3, 0.4) is 0 Å². The summed E-state index contributed by atoms with van der Waals surface area (Å²) in [6.45, 7) is 3.76. The second-order valence-corrected chi connectivity index (χ2v) is 6.44. The van der Waals surface area contributed by atoms with Crippen molar-refractivity contribution < 1.29 is 23.6 Å². The Morgan fingerprint density at radius 2 is 1.89 bits per heavy atom. The molecule has 0 spiro atoms. The van der Waals surface area contributed by atoms with Crippen LogP contribution in [0.15, 0.2) is 28.8 Å². The normalized spacial score (nSPS) is 10.6. The van der Waals surface area contributed by atoms with Crippen molar-refractivity contribution in [2.24, 2.45) is 0 Å². The third kappa shape index (κ3) is 6.49. The number of hydrogen-bond acceptors (Lipinski definition) is 7. The van der Waals surface area contributed by atoms with Crippen LogP contribution in [-0.4, -0.2) is 41.6 Å². The van der Waals surface area contributed by atoms with Crippen LogP contribution in [-0.2, 0) is 20.7 Å². The summed E-state index contributed by atoms with van der Waals surface area (Å²) in [4.78, 5) is 39.2. The number of carbonyl (C=O) groups excluding carboxylic acids is 3. The van der Waals surface area contributed by atoms with Gasteiger partial charge in [0, 0.05) is 30.0 Å². The molecule has 0 aliphatic heterocycles. The number of methoxy groups -OCH3 is 1. The first kappa shape index (κ1) is 21.1. The van der Waals surface area contributed by atoms with E-state index in [0.717, 1.165) is 0 Å². The lowest BCUT2D eigenvalue weighted by molar-refractivity contribution is -0.139. The molecule has 2 aromatic rings. The van der Waals surface area contributed by atoms with E-state index in [2.05, 4.69) is 25.5 Å². The molecule has 0 unspecified atom stereocenters. The molecule has 1 aromatic heterocycles. The predicted molar refractivity (Wildman–Crippen MR) is 101 cm³/mol. The fourth-order valence-electron chi connectivity index (χ4n) is 2.26. The topological polar surface area (TPSA) is 123 Å². The first-order chi connectivity index (χ1) is 13.4. The third-order valence-electron chi connectivity index (χ3n) is 3.85. The maximum absolute atomic E-state index is 12.0. The van der Waals surface area contributed by atoms with Crippen molar-refractivity contribution in [3.63, 3.8) is 0 Å². The molecule has 0 aliphatic rings. The number of aromatic nitrogens is 2. The van der Waals surface area contributed by atoms with Gasteiger partial charge in [-0.15, -0.1) is 0 Å². The van der Waals surface area contributed by atoms with E-state index in [1.807, 2.05) is 13.8 Å². The summed E-state index contributed by atoms with van der Waals surface area (Å²) in [6, 6.07) is 6.37. The van der Waals surface area contributed by atoms with Gasteiger partial charge in [0.2, 0.25) is 11.8 Å². The van der Waals surface area contributed by atoms with Crippen LogP contribution >= 0.6 is 0 Å². The minimum atomic E-state index is -0.529. The Morgan fingerprint density at radius 3 is 2.50 bits per heavy atom. The highest BCUT2D eigenvalue weighted by molar-refractivity contribution is 5.97. The van der Waals surface area contributed by atoms with Crippen molar-refractivity contribution in [3.8, 4) is 0 Å². The molecule has 0 radical (unpaired) electrons. The van der Waals surface area contributed by atoms with Crippen molar-refractivity contribution >= 4 is 23.5 Å². The highest BCUT2D eigenvalue weighted by atomic mass is 16.5. The molecule has 9 nitrogen and oxygen atoms in total. The van der Waals surface area contributed by atoms with Crippen LogP contribution in [0, 0.1) is 0 Å². The smallest absolute Gasteiger partial charge is 0.325 e. The molecule has 0 aliphatic carbocycles. The predicted octanol–water partition coefficient (Wildman–Crippen LogP) is 2.06. The summed E-state index contributed by atoms with van der Waals surface area (Å²) < 4.78 is 9.60. The van der Waals surface area contributed by atoms with Gasteiger partial charge in [-0.1, -0.05) is 19.0 Å². The number of benzene rings is 1. The standard InChI is InChI=1S/C19H24N4O5/c1-12(2)18-22-16(28-23-18)6-4-5-15(24)21-14-9-7-13(8-10-14)19(26)20-11-17(25)27-3/h7-10,12H,4-6,11H2,1-3H3,(H,20,26)(H,21,24). The molecule has 1 heterocycles. The maximum atomic E-state index is 12.0. The van der Waals surface area contributed by atoms with E-state index >= 15 is 0 Å². The average Bonchev–Trinajstić information content (AvgIpc) is 3.15. The highest BCUT2D eigenvalue weighted by Crippen LogP contribution is 2.13. The summed E-state index contributed by atoms with van der Waals surface area (Å²) >= 11 is 0. The van der Waals surface area contributed by atoms with Crippen LogP contribution in [0.5, 0.6) is 0 Å². The number of rotatable bonds is 9. The Balaban J connectivity index is 1.75. The van der Waals surface area contributed by atoms with Gasteiger partial charge in [-0.25, -0.2) is 0 Å². The number of amides is 2. The fourth-order valence-corrected chi connectivity index (χ4v) is 2.26. The van der Waals surface area contributed by atoms with E-state index in [4.69, 9.17) is 4.52 Å². The molecular weight excluding hydrogens is 364 g/mol. The minimum Gasteiger partial charge on any atom is -0.468 e. The minimum absolute atomic E-state index is 0.147. The van der Waals surface area contributed by atoms with E-state index in [9.17, 15) is 14.4 Å². The maximum Gasteiger partial charge on any atom is 0.325 e. The van der Waals surface area contributed by atoms with Gasteiger partial charge in [-0.2, -0.15) is 4.98 Å². The van der Waals surface area contributed by atoms with Crippen molar-refractivity contribution in [2.45, 2.75) is 39.0 Å². The second-order valence-electron chi connectivity index (χ2n) is 6.44.